The van der Waals surface area contributed by atoms with E-state index in [-0.39, 0.29) is 0 Å². The molecule has 0 radical (unpaired) electrons. The van der Waals surface area contributed by atoms with Crippen LogP contribution in [0.15, 0.2) is 30.3 Å². The molecule has 0 fully saturated rings. The van der Waals surface area contributed by atoms with Gasteiger partial charge in [-0.2, -0.15) is 0 Å². The third-order valence-corrected chi connectivity index (χ3v) is 2.98. The summed E-state index contributed by atoms with van der Waals surface area (Å²) in [6, 6.07) is 10.1. The Labute approximate surface area is 105 Å². The number of rotatable bonds is 6. The third-order valence-electron chi connectivity index (χ3n) is 1.82. The van der Waals surface area contributed by atoms with Crippen molar-refractivity contribution in [3.05, 3.63) is 30.3 Å². The predicted molar refractivity (Wildman–Crippen MR) is 72.2 cm³/mol. The van der Waals surface area contributed by atoms with Crippen LogP contribution in [-0.4, -0.2) is 44.6 Å². The zero-order valence-electron chi connectivity index (χ0n) is 10.9. The van der Waals surface area contributed by atoms with E-state index < -0.39 is 9.53 Å². The molecule has 0 aliphatic heterocycles. The van der Waals surface area contributed by atoms with Crippen molar-refractivity contribution in [1.29, 1.82) is 0 Å². The van der Waals surface area contributed by atoms with E-state index in [2.05, 4.69) is 10.6 Å². The second-order valence-corrected chi connectivity index (χ2v) is 5.06. The van der Waals surface area contributed by atoms with Gasteiger partial charge in [-0.25, -0.2) is 0 Å². The second kappa shape index (κ2) is 11.6. The van der Waals surface area contributed by atoms with Gasteiger partial charge in [-0.1, -0.05) is 18.2 Å². The molecule has 98 valence electrons. The zero-order chi connectivity index (χ0) is 12.9. The van der Waals surface area contributed by atoms with Crippen molar-refractivity contribution < 1.29 is 13.3 Å². The van der Waals surface area contributed by atoms with Crippen LogP contribution < -0.4 is 10.6 Å². The number of anilines is 1. The molecule has 1 aromatic carbocycles. The maximum absolute atomic E-state index is 4.74. The molecule has 0 saturated carbocycles. The summed E-state index contributed by atoms with van der Waals surface area (Å²) >= 11 is 0. The van der Waals surface area contributed by atoms with E-state index >= 15 is 0 Å². The highest BCUT2D eigenvalue weighted by molar-refractivity contribution is 6.36. The van der Waals surface area contributed by atoms with Gasteiger partial charge >= 0.3 is 9.53 Å². The quantitative estimate of drug-likeness (QED) is 0.587. The Balaban J connectivity index is 0.000000325. The first-order valence-electron chi connectivity index (χ1n) is 5.30. The molecule has 0 aromatic heterocycles. The van der Waals surface area contributed by atoms with E-state index in [0.29, 0.717) is 0 Å². The Morgan fingerprint density at radius 2 is 1.53 bits per heavy atom. The van der Waals surface area contributed by atoms with Crippen molar-refractivity contribution in [3.8, 4) is 0 Å². The SMILES string of the molecule is CNCNc1ccccc1.CO[SiH](OC)OC. The summed E-state index contributed by atoms with van der Waals surface area (Å²) in [6.07, 6.45) is 0. The van der Waals surface area contributed by atoms with E-state index in [1.165, 1.54) is 0 Å². The van der Waals surface area contributed by atoms with Gasteiger partial charge in [0.2, 0.25) is 0 Å². The third kappa shape index (κ3) is 8.84. The molecule has 0 aliphatic carbocycles. The Kier molecular flexibility index (Phi) is 10.9. The summed E-state index contributed by atoms with van der Waals surface area (Å²) < 4.78 is 14.2. The maximum Gasteiger partial charge on any atom is 0.483 e. The second-order valence-electron chi connectivity index (χ2n) is 3.07. The first-order valence-corrected chi connectivity index (χ1v) is 6.71. The van der Waals surface area contributed by atoms with Crippen molar-refractivity contribution in [1.82, 2.24) is 5.32 Å². The van der Waals surface area contributed by atoms with Gasteiger partial charge in [0.05, 0.1) is 6.67 Å². The fourth-order valence-corrected chi connectivity index (χ4v) is 1.61. The smallest absolute Gasteiger partial charge is 0.379 e. The lowest BCUT2D eigenvalue weighted by Crippen LogP contribution is -2.21. The van der Waals surface area contributed by atoms with Crippen LogP contribution in [0.1, 0.15) is 0 Å². The molecule has 17 heavy (non-hydrogen) atoms. The van der Waals surface area contributed by atoms with Crippen molar-refractivity contribution in [2.45, 2.75) is 0 Å². The minimum absolute atomic E-state index is 0.810. The van der Waals surface area contributed by atoms with E-state index in [1.54, 1.807) is 21.3 Å². The summed E-state index contributed by atoms with van der Waals surface area (Å²) in [6.45, 7) is 0.810. The standard InChI is InChI=1S/C8H12N2.C3H10O3Si/c1-9-7-10-8-5-3-2-4-6-8;1-4-7(5-2)6-3/h2-6,9-10H,7H2,1H3;7H,1-3H3. The van der Waals surface area contributed by atoms with Crippen LogP contribution in [0.3, 0.4) is 0 Å². The monoisotopic (exact) mass is 258 g/mol. The van der Waals surface area contributed by atoms with Crippen LogP contribution in [0.5, 0.6) is 0 Å². The summed E-state index contributed by atoms with van der Waals surface area (Å²) in [7, 11) is 4.96. The largest absolute Gasteiger partial charge is 0.483 e. The van der Waals surface area contributed by atoms with Gasteiger partial charge in [0.1, 0.15) is 0 Å². The minimum Gasteiger partial charge on any atom is -0.379 e. The highest BCUT2D eigenvalue weighted by Gasteiger charge is 2.04. The minimum atomic E-state index is -1.67. The molecular weight excluding hydrogens is 236 g/mol. The molecule has 6 heteroatoms. The lowest BCUT2D eigenvalue weighted by molar-refractivity contribution is 0.163. The molecule has 0 amide bonds. The highest BCUT2D eigenvalue weighted by Crippen LogP contribution is 2.02. The van der Waals surface area contributed by atoms with E-state index in [1.807, 2.05) is 37.4 Å². The molecule has 0 bridgehead atoms. The number of nitrogens with one attached hydrogen (secondary N) is 2. The molecule has 0 heterocycles. The van der Waals surface area contributed by atoms with Crippen molar-refractivity contribution in [2.75, 3.05) is 40.4 Å². The lowest BCUT2D eigenvalue weighted by atomic mass is 10.3. The van der Waals surface area contributed by atoms with Gasteiger partial charge in [0.25, 0.3) is 0 Å². The molecule has 0 aliphatic rings. The van der Waals surface area contributed by atoms with Crippen molar-refractivity contribution >= 4 is 15.2 Å². The Morgan fingerprint density at radius 3 is 1.88 bits per heavy atom. The lowest BCUT2D eigenvalue weighted by Gasteiger charge is -2.05. The molecular formula is C11H22N2O3Si. The van der Waals surface area contributed by atoms with Crippen molar-refractivity contribution in [2.24, 2.45) is 0 Å². The molecule has 1 rings (SSSR count). The van der Waals surface area contributed by atoms with E-state index in [4.69, 9.17) is 13.3 Å². The van der Waals surface area contributed by atoms with Gasteiger partial charge in [0, 0.05) is 27.0 Å². The molecule has 0 atom stereocenters. The Hall–Kier alpha value is -0.923. The van der Waals surface area contributed by atoms with Gasteiger partial charge in [0.15, 0.2) is 0 Å². The number of para-hydroxylation sites is 1. The molecule has 0 spiro atoms. The first kappa shape index (κ1) is 16.1. The Morgan fingerprint density at radius 1 is 1.00 bits per heavy atom. The Bertz CT molecular complexity index is 253. The average Bonchev–Trinajstić information content (AvgIpc) is 2.40. The van der Waals surface area contributed by atoms with Crippen LogP contribution >= 0.6 is 0 Å². The summed E-state index contributed by atoms with van der Waals surface area (Å²) in [5, 5.41) is 6.19. The topological polar surface area (TPSA) is 51.8 Å². The molecule has 1 aromatic rings. The first-order chi connectivity index (χ1) is 8.28. The van der Waals surface area contributed by atoms with Crippen LogP contribution in [0.4, 0.5) is 5.69 Å². The van der Waals surface area contributed by atoms with E-state index in [0.717, 1.165) is 12.4 Å². The van der Waals surface area contributed by atoms with Crippen LogP contribution in [0, 0.1) is 0 Å². The normalized spacial score (nSPS) is 9.71. The van der Waals surface area contributed by atoms with Gasteiger partial charge in [-0.05, 0) is 19.2 Å². The zero-order valence-corrected chi connectivity index (χ0v) is 12.1. The number of hydrogen-bond donors (Lipinski definition) is 2. The van der Waals surface area contributed by atoms with Crippen LogP contribution in [0.2, 0.25) is 0 Å². The fourth-order valence-electron chi connectivity index (χ4n) is 1.04. The molecule has 0 saturated heterocycles. The summed E-state index contributed by atoms with van der Waals surface area (Å²) in [5.41, 5.74) is 1.15. The fraction of sp³-hybridized carbons (Fsp3) is 0.455. The van der Waals surface area contributed by atoms with Gasteiger partial charge in [-0.15, -0.1) is 0 Å². The average molecular weight is 258 g/mol. The number of hydrogen-bond acceptors (Lipinski definition) is 5. The van der Waals surface area contributed by atoms with Crippen molar-refractivity contribution in [3.63, 3.8) is 0 Å². The van der Waals surface area contributed by atoms with Crippen LogP contribution in [0.25, 0.3) is 0 Å². The predicted octanol–water partition coefficient (Wildman–Crippen LogP) is 0.918. The number of benzene rings is 1. The summed E-state index contributed by atoms with van der Waals surface area (Å²) in [4.78, 5) is 0. The maximum atomic E-state index is 4.74. The van der Waals surface area contributed by atoms with Crippen LogP contribution in [-0.2, 0) is 13.3 Å². The van der Waals surface area contributed by atoms with Gasteiger partial charge in [-0.3, -0.25) is 0 Å². The molecule has 5 nitrogen and oxygen atoms in total. The van der Waals surface area contributed by atoms with E-state index in [9.17, 15) is 0 Å². The summed E-state index contributed by atoms with van der Waals surface area (Å²) in [5.74, 6) is 0. The molecule has 2 N–H and O–H groups in total. The highest BCUT2D eigenvalue weighted by atomic mass is 28.3. The van der Waals surface area contributed by atoms with Gasteiger partial charge < -0.3 is 23.9 Å². The molecule has 0 unspecified atom stereocenters.